The van der Waals surface area contributed by atoms with Crippen LogP contribution in [-0.4, -0.2) is 22.6 Å². The second-order valence-electron chi connectivity index (χ2n) is 5.34. The molecule has 0 bridgehead atoms. The van der Waals surface area contributed by atoms with Gasteiger partial charge >= 0.3 is 0 Å². The number of rotatable bonds is 10. The van der Waals surface area contributed by atoms with Gasteiger partial charge in [-0.25, -0.2) is 4.98 Å². The molecule has 1 unspecified atom stereocenters. The van der Waals surface area contributed by atoms with E-state index in [1.807, 2.05) is 13.0 Å². The molecule has 1 aromatic heterocycles. The Morgan fingerprint density at radius 1 is 1.15 bits per heavy atom. The van der Waals surface area contributed by atoms with Crippen LogP contribution in [-0.2, 0) is 0 Å². The van der Waals surface area contributed by atoms with Crippen LogP contribution in [0.5, 0.6) is 5.88 Å². The van der Waals surface area contributed by atoms with E-state index in [0.29, 0.717) is 5.88 Å². The number of nitrogens with one attached hydrogen (secondary N) is 1. The Morgan fingerprint density at radius 3 is 2.65 bits per heavy atom. The molecule has 0 aliphatic rings. The fourth-order valence-electron chi connectivity index (χ4n) is 2.07. The van der Waals surface area contributed by atoms with Crippen molar-refractivity contribution in [2.45, 2.75) is 72.3 Å². The minimum atomic E-state index is 0.209. The summed E-state index contributed by atoms with van der Waals surface area (Å²) >= 11 is 0. The summed E-state index contributed by atoms with van der Waals surface area (Å²) in [6, 6.07) is 1.89. The first-order chi connectivity index (χ1) is 9.65. The molecule has 114 valence electrons. The molecule has 1 atom stereocenters. The van der Waals surface area contributed by atoms with Crippen molar-refractivity contribution in [2.24, 2.45) is 0 Å². The Labute approximate surface area is 123 Å². The SMILES string of the molecule is CCCCCCC(C)Oc1cc(NCCC)nc(C)n1. The summed E-state index contributed by atoms with van der Waals surface area (Å²) < 4.78 is 5.90. The number of ether oxygens (including phenoxy) is 1. The van der Waals surface area contributed by atoms with E-state index in [-0.39, 0.29) is 6.10 Å². The summed E-state index contributed by atoms with van der Waals surface area (Å²) in [4.78, 5) is 8.72. The highest BCUT2D eigenvalue weighted by molar-refractivity contribution is 5.38. The number of nitrogens with zero attached hydrogens (tertiary/aromatic N) is 2. The third-order valence-corrected chi connectivity index (χ3v) is 3.16. The molecule has 0 saturated heterocycles. The molecule has 4 heteroatoms. The van der Waals surface area contributed by atoms with Gasteiger partial charge < -0.3 is 10.1 Å². The molecule has 1 rings (SSSR count). The Kier molecular flexibility index (Phi) is 8.00. The first-order valence-corrected chi connectivity index (χ1v) is 7.91. The number of anilines is 1. The lowest BCUT2D eigenvalue weighted by atomic mass is 10.1. The first kappa shape index (κ1) is 16.7. The van der Waals surface area contributed by atoms with Crippen LogP contribution in [0.3, 0.4) is 0 Å². The second kappa shape index (κ2) is 9.56. The van der Waals surface area contributed by atoms with Gasteiger partial charge in [0.1, 0.15) is 11.6 Å². The highest BCUT2D eigenvalue weighted by Gasteiger charge is 2.07. The topological polar surface area (TPSA) is 47.0 Å². The van der Waals surface area contributed by atoms with Crippen LogP contribution in [0.1, 0.15) is 65.1 Å². The summed E-state index contributed by atoms with van der Waals surface area (Å²) in [6.07, 6.45) is 7.46. The van der Waals surface area contributed by atoms with Gasteiger partial charge in [-0.15, -0.1) is 0 Å². The summed E-state index contributed by atoms with van der Waals surface area (Å²) in [5.41, 5.74) is 0. The van der Waals surface area contributed by atoms with Crippen LogP contribution in [0.25, 0.3) is 0 Å². The zero-order chi connectivity index (χ0) is 14.8. The van der Waals surface area contributed by atoms with Crippen molar-refractivity contribution in [1.29, 1.82) is 0 Å². The van der Waals surface area contributed by atoms with Crippen LogP contribution >= 0.6 is 0 Å². The van der Waals surface area contributed by atoms with Crippen molar-refractivity contribution in [3.63, 3.8) is 0 Å². The summed E-state index contributed by atoms with van der Waals surface area (Å²) in [6.45, 7) is 9.30. The minimum Gasteiger partial charge on any atom is -0.475 e. The number of aryl methyl sites for hydroxylation is 1. The van der Waals surface area contributed by atoms with Crippen molar-refractivity contribution in [2.75, 3.05) is 11.9 Å². The quantitative estimate of drug-likeness (QED) is 0.647. The van der Waals surface area contributed by atoms with Gasteiger partial charge in [0.25, 0.3) is 0 Å². The van der Waals surface area contributed by atoms with E-state index >= 15 is 0 Å². The third-order valence-electron chi connectivity index (χ3n) is 3.16. The Hall–Kier alpha value is -1.32. The van der Waals surface area contributed by atoms with E-state index in [9.17, 15) is 0 Å². The first-order valence-electron chi connectivity index (χ1n) is 7.91. The summed E-state index contributed by atoms with van der Waals surface area (Å²) in [5.74, 6) is 2.28. The van der Waals surface area contributed by atoms with Gasteiger partial charge in [-0.1, -0.05) is 33.1 Å². The van der Waals surface area contributed by atoms with E-state index in [2.05, 4.69) is 36.1 Å². The fraction of sp³-hybridized carbons (Fsp3) is 0.750. The molecular weight excluding hydrogens is 250 g/mol. The van der Waals surface area contributed by atoms with Crippen LogP contribution in [0.4, 0.5) is 5.82 Å². The van der Waals surface area contributed by atoms with Gasteiger partial charge in [0, 0.05) is 12.6 Å². The van der Waals surface area contributed by atoms with Gasteiger partial charge in [-0.2, -0.15) is 4.98 Å². The van der Waals surface area contributed by atoms with Gasteiger partial charge in [0.05, 0.1) is 6.10 Å². The molecule has 20 heavy (non-hydrogen) atoms. The van der Waals surface area contributed by atoms with Crippen molar-refractivity contribution in [3.05, 3.63) is 11.9 Å². The molecule has 1 aromatic rings. The molecule has 0 amide bonds. The Balaban J connectivity index is 2.47. The smallest absolute Gasteiger partial charge is 0.218 e. The fourth-order valence-corrected chi connectivity index (χ4v) is 2.07. The van der Waals surface area contributed by atoms with E-state index in [1.165, 1.54) is 25.7 Å². The van der Waals surface area contributed by atoms with Crippen LogP contribution < -0.4 is 10.1 Å². The zero-order valence-electron chi connectivity index (χ0n) is 13.4. The van der Waals surface area contributed by atoms with E-state index in [4.69, 9.17) is 4.74 Å². The van der Waals surface area contributed by atoms with E-state index < -0.39 is 0 Å². The predicted octanol–water partition coefficient (Wildman–Crippen LogP) is 4.34. The molecular formula is C16H29N3O. The third kappa shape index (κ3) is 6.73. The average Bonchev–Trinajstić information content (AvgIpc) is 2.41. The summed E-state index contributed by atoms with van der Waals surface area (Å²) in [5, 5.41) is 3.28. The average molecular weight is 279 g/mol. The normalized spacial score (nSPS) is 12.2. The molecule has 1 heterocycles. The lowest BCUT2D eigenvalue weighted by molar-refractivity contribution is 0.197. The number of aromatic nitrogens is 2. The number of hydrogen-bond donors (Lipinski definition) is 1. The number of hydrogen-bond acceptors (Lipinski definition) is 4. The molecule has 0 radical (unpaired) electrons. The minimum absolute atomic E-state index is 0.209. The molecule has 1 N–H and O–H groups in total. The predicted molar refractivity (Wildman–Crippen MR) is 84.4 cm³/mol. The van der Waals surface area contributed by atoms with Crippen LogP contribution in [0.15, 0.2) is 6.07 Å². The number of unbranched alkanes of at least 4 members (excludes halogenated alkanes) is 3. The molecule has 0 aromatic carbocycles. The molecule has 4 nitrogen and oxygen atoms in total. The van der Waals surface area contributed by atoms with Crippen molar-refractivity contribution >= 4 is 5.82 Å². The van der Waals surface area contributed by atoms with Crippen LogP contribution in [0.2, 0.25) is 0 Å². The highest BCUT2D eigenvalue weighted by atomic mass is 16.5. The van der Waals surface area contributed by atoms with Gasteiger partial charge in [0.15, 0.2) is 0 Å². The molecule has 0 aliphatic heterocycles. The molecule has 0 spiro atoms. The zero-order valence-corrected chi connectivity index (χ0v) is 13.4. The van der Waals surface area contributed by atoms with Gasteiger partial charge in [0.2, 0.25) is 5.88 Å². The van der Waals surface area contributed by atoms with Crippen molar-refractivity contribution < 1.29 is 4.74 Å². The standard InChI is InChI=1S/C16H29N3O/c1-5-7-8-9-10-13(3)20-16-12-15(17-11-6-2)18-14(4)19-16/h12-13H,5-11H2,1-4H3,(H,17,18,19). The lowest BCUT2D eigenvalue weighted by Gasteiger charge is -2.15. The lowest BCUT2D eigenvalue weighted by Crippen LogP contribution is -2.13. The Bertz CT molecular complexity index is 382. The monoisotopic (exact) mass is 279 g/mol. The molecule has 0 aliphatic carbocycles. The maximum absolute atomic E-state index is 5.90. The van der Waals surface area contributed by atoms with Crippen molar-refractivity contribution in [1.82, 2.24) is 9.97 Å². The van der Waals surface area contributed by atoms with E-state index in [0.717, 1.165) is 31.0 Å². The maximum Gasteiger partial charge on any atom is 0.218 e. The van der Waals surface area contributed by atoms with Crippen LogP contribution in [0, 0.1) is 6.92 Å². The summed E-state index contributed by atoms with van der Waals surface area (Å²) in [7, 11) is 0. The Morgan fingerprint density at radius 2 is 1.95 bits per heavy atom. The highest BCUT2D eigenvalue weighted by Crippen LogP contribution is 2.17. The molecule has 0 saturated carbocycles. The van der Waals surface area contributed by atoms with E-state index in [1.54, 1.807) is 0 Å². The van der Waals surface area contributed by atoms with Gasteiger partial charge in [-0.3, -0.25) is 0 Å². The second-order valence-corrected chi connectivity index (χ2v) is 5.34. The largest absolute Gasteiger partial charge is 0.475 e. The molecule has 0 fully saturated rings. The van der Waals surface area contributed by atoms with Gasteiger partial charge in [-0.05, 0) is 33.1 Å². The van der Waals surface area contributed by atoms with Crippen molar-refractivity contribution in [3.8, 4) is 5.88 Å². The maximum atomic E-state index is 5.90.